The lowest BCUT2D eigenvalue weighted by atomic mass is 10.1. The molecule has 0 rings (SSSR count). The second-order valence-corrected chi connectivity index (χ2v) is 3.23. The van der Waals surface area contributed by atoms with Crippen LogP contribution >= 0.6 is 11.6 Å². The third-order valence-corrected chi connectivity index (χ3v) is 1.97. The first-order valence-electron chi connectivity index (χ1n) is 3.97. The normalized spacial score (nSPS) is 13.2. The zero-order valence-corrected chi connectivity index (χ0v) is 8.11. The van der Waals surface area contributed by atoms with Gasteiger partial charge in [-0.25, -0.2) is 0 Å². The van der Waals surface area contributed by atoms with E-state index in [-0.39, 0.29) is 11.9 Å². The van der Waals surface area contributed by atoms with Gasteiger partial charge in [-0.05, 0) is 5.92 Å². The molecule has 0 bridgehead atoms. The van der Waals surface area contributed by atoms with Crippen LogP contribution in [0.1, 0.15) is 27.2 Å². The average molecular weight is 178 g/mol. The molecule has 0 aliphatic heterocycles. The molecule has 0 fully saturated rings. The minimum absolute atomic E-state index is 0.0735. The van der Waals surface area contributed by atoms with E-state index in [0.717, 1.165) is 0 Å². The van der Waals surface area contributed by atoms with Crippen LogP contribution in [0.25, 0.3) is 0 Å². The van der Waals surface area contributed by atoms with Gasteiger partial charge in [0.05, 0.1) is 0 Å². The van der Waals surface area contributed by atoms with Crippen molar-refractivity contribution in [2.24, 2.45) is 5.92 Å². The smallest absolute Gasteiger partial charge is 0.219 e. The number of rotatable bonds is 4. The summed E-state index contributed by atoms with van der Waals surface area (Å²) in [6.45, 7) is 5.92. The highest BCUT2D eigenvalue weighted by Gasteiger charge is 2.12. The van der Waals surface area contributed by atoms with Crippen LogP contribution < -0.4 is 5.32 Å². The Labute approximate surface area is 73.3 Å². The van der Waals surface area contributed by atoms with Gasteiger partial charge in [-0.15, -0.1) is 11.6 Å². The Morgan fingerprint density at radius 3 is 2.36 bits per heavy atom. The minimum atomic E-state index is 0.0735. The monoisotopic (exact) mass is 177 g/mol. The van der Waals surface area contributed by atoms with Gasteiger partial charge >= 0.3 is 0 Å². The fourth-order valence-electron chi connectivity index (χ4n) is 0.692. The summed E-state index contributed by atoms with van der Waals surface area (Å²) < 4.78 is 0. The third-order valence-electron chi connectivity index (χ3n) is 1.64. The number of hydrogen-bond acceptors (Lipinski definition) is 1. The van der Waals surface area contributed by atoms with Crippen molar-refractivity contribution in [1.82, 2.24) is 5.32 Å². The van der Waals surface area contributed by atoms with Crippen molar-refractivity contribution in [3.8, 4) is 0 Å². The Hall–Kier alpha value is -0.240. The summed E-state index contributed by atoms with van der Waals surface area (Å²) in [6.07, 6.45) is 0.528. The van der Waals surface area contributed by atoms with Crippen LogP contribution in [0.3, 0.4) is 0 Å². The van der Waals surface area contributed by atoms with Crippen LogP contribution in [-0.2, 0) is 4.79 Å². The van der Waals surface area contributed by atoms with Crippen LogP contribution in [-0.4, -0.2) is 17.8 Å². The number of carbonyl (C=O) groups excluding carboxylic acids is 1. The molecule has 0 aromatic heterocycles. The quantitative estimate of drug-likeness (QED) is 0.652. The van der Waals surface area contributed by atoms with Crippen LogP contribution in [0.5, 0.6) is 0 Å². The lowest BCUT2D eigenvalue weighted by molar-refractivity contribution is -0.121. The molecular formula is C8H16ClNO. The summed E-state index contributed by atoms with van der Waals surface area (Å²) in [5.74, 6) is 0.969. The van der Waals surface area contributed by atoms with E-state index in [9.17, 15) is 4.79 Å². The fourth-order valence-corrected chi connectivity index (χ4v) is 1.13. The number of hydrogen-bond donors (Lipinski definition) is 1. The maximum absolute atomic E-state index is 10.9. The third kappa shape index (κ3) is 4.25. The van der Waals surface area contributed by atoms with Crippen LogP contribution in [0.15, 0.2) is 0 Å². The highest BCUT2D eigenvalue weighted by Crippen LogP contribution is 2.03. The first kappa shape index (κ1) is 10.8. The topological polar surface area (TPSA) is 29.1 Å². The highest BCUT2D eigenvalue weighted by atomic mass is 35.5. The lowest BCUT2D eigenvalue weighted by Crippen LogP contribution is -2.39. The second kappa shape index (κ2) is 5.42. The molecule has 11 heavy (non-hydrogen) atoms. The van der Waals surface area contributed by atoms with E-state index >= 15 is 0 Å². The highest BCUT2D eigenvalue weighted by molar-refractivity contribution is 6.18. The lowest BCUT2D eigenvalue weighted by Gasteiger charge is -2.18. The van der Waals surface area contributed by atoms with Gasteiger partial charge in [-0.3, -0.25) is 4.79 Å². The molecule has 0 radical (unpaired) electrons. The predicted octanol–water partition coefficient (Wildman–Crippen LogP) is 1.78. The van der Waals surface area contributed by atoms with E-state index in [4.69, 9.17) is 11.6 Å². The van der Waals surface area contributed by atoms with E-state index in [2.05, 4.69) is 5.32 Å². The van der Waals surface area contributed by atoms with E-state index < -0.39 is 0 Å². The number of amides is 1. The molecule has 0 spiro atoms. The van der Waals surface area contributed by atoms with Crippen molar-refractivity contribution < 1.29 is 4.79 Å². The van der Waals surface area contributed by atoms with Gasteiger partial charge in [0.15, 0.2) is 0 Å². The summed E-state index contributed by atoms with van der Waals surface area (Å²) in [7, 11) is 0. The molecule has 0 aliphatic carbocycles. The number of carbonyl (C=O) groups is 1. The van der Waals surface area contributed by atoms with Crippen molar-refractivity contribution >= 4 is 17.5 Å². The molecule has 0 aromatic rings. The summed E-state index contributed by atoms with van der Waals surface area (Å²) >= 11 is 5.65. The van der Waals surface area contributed by atoms with Crippen LogP contribution in [0.2, 0.25) is 0 Å². The fraction of sp³-hybridized carbons (Fsp3) is 0.875. The molecule has 1 atom stereocenters. The molecular weight excluding hydrogens is 162 g/mol. The van der Waals surface area contributed by atoms with Crippen molar-refractivity contribution in [3.05, 3.63) is 0 Å². The SMILES string of the molecule is CCC(=O)NC(CCl)C(C)C. The van der Waals surface area contributed by atoms with E-state index in [0.29, 0.717) is 18.2 Å². The molecule has 0 aromatic carbocycles. The zero-order valence-electron chi connectivity index (χ0n) is 7.36. The van der Waals surface area contributed by atoms with Crippen molar-refractivity contribution in [3.63, 3.8) is 0 Å². The van der Waals surface area contributed by atoms with E-state index in [1.807, 2.05) is 20.8 Å². The van der Waals surface area contributed by atoms with Gasteiger partial charge in [0.2, 0.25) is 5.91 Å². The Morgan fingerprint density at radius 1 is 1.55 bits per heavy atom. The molecule has 1 N–H and O–H groups in total. The van der Waals surface area contributed by atoms with Gasteiger partial charge in [0.25, 0.3) is 0 Å². The van der Waals surface area contributed by atoms with Crippen LogP contribution in [0.4, 0.5) is 0 Å². The molecule has 3 heteroatoms. The Kier molecular flexibility index (Phi) is 5.30. The predicted molar refractivity (Wildman–Crippen MR) is 47.8 cm³/mol. The molecule has 66 valence electrons. The maximum atomic E-state index is 10.9. The molecule has 1 amide bonds. The number of alkyl halides is 1. The number of halogens is 1. The standard InChI is InChI=1S/C8H16ClNO/c1-4-8(11)10-7(5-9)6(2)3/h6-7H,4-5H2,1-3H3,(H,10,11). The Balaban J connectivity index is 3.78. The number of nitrogens with one attached hydrogen (secondary N) is 1. The Morgan fingerprint density at radius 2 is 2.09 bits per heavy atom. The average Bonchev–Trinajstić information content (AvgIpc) is 1.99. The summed E-state index contributed by atoms with van der Waals surface area (Å²) in [6, 6.07) is 0.115. The van der Waals surface area contributed by atoms with Gasteiger partial charge in [-0.2, -0.15) is 0 Å². The molecule has 1 unspecified atom stereocenters. The molecule has 0 saturated heterocycles. The molecule has 2 nitrogen and oxygen atoms in total. The van der Waals surface area contributed by atoms with Crippen molar-refractivity contribution in [1.29, 1.82) is 0 Å². The van der Waals surface area contributed by atoms with Gasteiger partial charge in [0, 0.05) is 18.3 Å². The first-order valence-corrected chi connectivity index (χ1v) is 4.50. The second-order valence-electron chi connectivity index (χ2n) is 2.93. The van der Waals surface area contributed by atoms with Crippen LogP contribution in [0, 0.1) is 5.92 Å². The zero-order chi connectivity index (χ0) is 8.85. The van der Waals surface area contributed by atoms with Gasteiger partial charge in [-0.1, -0.05) is 20.8 Å². The summed E-state index contributed by atoms with van der Waals surface area (Å²) in [5.41, 5.74) is 0. The van der Waals surface area contributed by atoms with Gasteiger partial charge in [0.1, 0.15) is 0 Å². The molecule has 0 heterocycles. The molecule has 0 saturated carbocycles. The largest absolute Gasteiger partial charge is 0.352 e. The minimum Gasteiger partial charge on any atom is -0.352 e. The van der Waals surface area contributed by atoms with Crippen molar-refractivity contribution in [2.75, 3.05) is 5.88 Å². The van der Waals surface area contributed by atoms with Crippen molar-refractivity contribution in [2.45, 2.75) is 33.2 Å². The summed E-state index contributed by atoms with van der Waals surface area (Å²) in [4.78, 5) is 10.9. The summed E-state index contributed by atoms with van der Waals surface area (Å²) in [5, 5.41) is 2.84. The first-order chi connectivity index (χ1) is 5.11. The van der Waals surface area contributed by atoms with Gasteiger partial charge < -0.3 is 5.32 Å². The molecule has 0 aliphatic rings. The van der Waals surface area contributed by atoms with E-state index in [1.165, 1.54) is 0 Å². The van der Waals surface area contributed by atoms with E-state index in [1.54, 1.807) is 0 Å². The maximum Gasteiger partial charge on any atom is 0.219 e. The Bertz CT molecular complexity index is 125.